The number of hydrogen-bond acceptors (Lipinski definition) is 4. The second-order valence-corrected chi connectivity index (χ2v) is 5.14. The Labute approximate surface area is 147 Å². The van der Waals surface area contributed by atoms with Crippen LogP contribution in [0.4, 0.5) is 0 Å². The molecule has 0 saturated heterocycles. The van der Waals surface area contributed by atoms with Gasteiger partial charge in [0.1, 0.15) is 5.75 Å². The average molecular weight is 372 g/mol. The summed E-state index contributed by atoms with van der Waals surface area (Å²) in [5, 5.41) is 6.81. The Morgan fingerprint density at radius 3 is 2.68 bits per heavy atom. The lowest BCUT2D eigenvalue weighted by Crippen LogP contribution is -2.35. The fourth-order valence-corrected chi connectivity index (χ4v) is 1.98. The standard InChI is InChI=1S/C14H20Cl2N2O3.ClH/c1-20-8-6-17-10-14(19)18-5-2-7-21-13-4-3-11(15)9-12(13)16;/h3-4,9,17H,2,5-8,10H2,1H3,(H,18,19);1H. The number of nitrogens with one attached hydrogen (secondary N) is 2. The highest BCUT2D eigenvalue weighted by molar-refractivity contribution is 6.35. The van der Waals surface area contributed by atoms with Crippen LogP contribution in [0.2, 0.25) is 10.0 Å². The number of halogens is 3. The van der Waals surface area contributed by atoms with Crippen LogP contribution in [-0.2, 0) is 9.53 Å². The highest BCUT2D eigenvalue weighted by Gasteiger charge is 2.03. The number of hydrogen-bond donors (Lipinski definition) is 2. The predicted molar refractivity (Wildman–Crippen MR) is 91.6 cm³/mol. The van der Waals surface area contributed by atoms with Crippen LogP contribution in [0, 0.1) is 0 Å². The number of methoxy groups -OCH3 is 1. The summed E-state index contributed by atoms with van der Waals surface area (Å²) in [5.74, 6) is 0.546. The molecule has 0 aliphatic carbocycles. The minimum absolute atomic E-state index is 0. The van der Waals surface area contributed by atoms with Crippen LogP contribution in [0.1, 0.15) is 6.42 Å². The molecular formula is C14H21Cl3N2O3. The molecule has 0 saturated carbocycles. The summed E-state index contributed by atoms with van der Waals surface area (Å²) in [6.07, 6.45) is 0.697. The van der Waals surface area contributed by atoms with Crippen molar-refractivity contribution in [2.24, 2.45) is 0 Å². The third kappa shape index (κ3) is 9.33. The van der Waals surface area contributed by atoms with Gasteiger partial charge in [-0.05, 0) is 24.6 Å². The number of benzene rings is 1. The highest BCUT2D eigenvalue weighted by atomic mass is 35.5. The largest absolute Gasteiger partial charge is 0.492 e. The van der Waals surface area contributed by atoms with Gasteiger partial charge in [0.05, 0.1) is 24.8 Å². The lowest BCUT2D eigenvalue weighted by molar-refractivity contribution is -0.120. The van der Waals surface area contributed by atoms with Gasteiger partial charge >= 0.3 is 0 Å². The van der Waals surface area contributed by atoms with Gasteiger partial charge in [0.25, 0.3) is 0 Å². The molecule has 0 unspecified atom stereocenters. The van der Waals surface area contributed by atoms with E-state index in [1.165, 1.54) is 0 Å². The number of ether oxygens (including phenoxy) is 2. The van der Waals surface area contributed by atoms with Crippen LogP contribution in [-0.4, -0.2) is 45.9 Å². The van der Waals surface area contributed by atoms with Gasteiger partial charge in [0.15, 0.2) is 0 Å². The maximum atomic E-state index is 11.4. The van der Waals surface area contributed by atoms with Gasteiger partial charge in [0.2, 0.25) is 5.91 Å². The maximum absolute atomic E-state index is 11.4. The van der Waals surface area contributed by atoms with Gasteiger partial charge in [-0.2, -0.15) is 0 Å². The molecule has 0 atom stereocenters. The SMILES string of the molecule is COCCNCC(=O)NCCCOc1ccc(Cl)cc1Cl.Cl. The van der Waals surface area contributed by atoms with Crippen LogP contribution in [0.3, 0.4) is 0 Å². The van der Waals surface area contributed by atoms with E-state index in [0.29, 0.717) is 48.5 Å². The van der Waals surface area contributed by atoms with Crippen LogP contribution < -0.4 is 15.4 Å². The number of rotatable bonds is 10. The molecule has 0 radical (unpaired) electrons. The fourth-order valence-electron chi connectivity index (χ4n) is 1.51. The summed E-state index contributed by atoms with van der Waals surface area (Å²) < 4.78 is 10.4. The van der Waals surface area contributed by atoms with Crippen molar-refractivity contribution in [3.63, 3.8) is 0 Å². The third-order valence-corrected chi connectivity index (χ3v) is 3.09. The lowest BCUT2D eigenvalue weighted by atomic mass is 10.3. The normalized spacial score (nSPS) is 9.95. The Balaban J connectivity index is 0.00000441. The summed E-state index contributed by atoms with van der Waals surface area (Å²) in [7, 11) is 1.62. The molecule has 0 spiro atoms. The monoisotopic (exact) mass is 370 g/mol. The molecule has 126 valence electrons. The van der Waals surface area contributed by atoms with Gasteiger partial charge in [-0.3, -0.25) is 4.79 Å². The molecule has 1 aromatic rings. The van der Waals surface area contributed by atoms with E-state index in [1.54, 1.807) is 25.3 Å². The zero-order chi connectivity index (χ0) is 15.5. The van der Waals surface area contributed by atoms with Gasteiger partial charge in [0, 0.05) is 25.2 Å². The van der Waals surface area contributed by atoms with Crippen LogP contribution in [0.25, 0.3) is 0 Å². The molecule has 1 rings (SSSR count). The van der Waals surface area contributed by atoms with Crippen molar-refractivity contribution >= 4 is 41.5 Å². The van der Waals surface area contributed by atoms with Gasteiger partial charge in [-0.15, -0.1) is 12.4 Å². The van der Waals surface area contributed by atoms with Crippen molar-refractivity contribution in [2.45, 2.75) is 6.42 Å². The molecule has 1 amide bonds. The lowest BCUT2D eigenvalue weighted by Gasteiger charge is -2.09. The Morgan fingerprint density at radius 1 is 1.23 bits per heavy atom. The minimum Gasteiger partial charge on any atom is -0.492 e. The summed E-state index contributed by atoms with van der Waals surface area (Å²) in [5.41, 5.74) is 0. The minimum atomic E-state index is -0.0457. The summed E-state index contributed by atoms with van der Waals surface area (Å²) in [4.78, 5) is 11.4. The molecule has 0 aliphatic rings. The summed E-state index contributed by atoms with van der Waals surface area (Å²) in [6.45, 7) is 2.55. The Kier molecular flexibility index (Phi) is 12.4. The first-order valence-corrected chi connectivity index (χ1v) is 7.43. The highest BCUT2D eigenvalue weighted by Crippen LogP contribution is 2.27. The van der Waals surface area contributed by atoms with E-state index < -0.39 is 0 Å². The van der Waals surface area contributed by atoms with E-state index in [0.717, 1.165) is 0 Å². The van der Waals surface area contributed by atoms with E-state index in [2.05, 4.69) is 10.6 Å². The molecule has 8 heteroatoms. The molecule has 0 fully saturated rings. The number of carbonyl (C=O) groups is 1. The summed E-state index contributed by atoms with van der Waals surface area (Å²) in [6, 6.07) is 5.07. The van der Waals surface area contributed by atoms with E-state index in [-0.39, 0.29) is 24.9 Å². The van der Waals surface area contributed by atoms with Crippen LogP contribution >= 0.6 is 35.6 Å². The van der Waals surface area contributed by atoms with E-state index in [1.807, 2.05) is 0 Å². The Hall–Kier alpha value is -0.720. The van der Waals surface area contributed by atoms with Crippen molar-refractivity contribution in [3.8, 4) is 5.75 Å². The fraction of sp³-hybridized carbons (Fsp3) is 0.500. The number of carbonyl (C=O) groups excluding carboxylic acids is 1. The van der Waals surface area contributed by atoms with Crippen molar-refractivity contribution in [1.29, 1.82) is 0 Å². The predicted octanol–water partition coefficient (Wildman–Crippen LogP) is 2.54. The quantitative estimate of drug-likeness (QED) is 0.621. The molecule has 0 aliphatic heterocycles. The smallest absolute Gasteiger partial charge is 0.233 e. The van der Waals surface area contributed by atoms with Crippen LogP contribution in [0.15, 0.2) is 18.2 Å². The Morgan fingerprint density at radius 2 is 2.00 bits per heavy atom. The summed E-state index contributed by atoms with van der Waals surface area (Å²) >= 11 is 11.8. The van der Waals surface area contributed by atoms with E-state index in [4.69, 9.17) is 32.7 Å². The molecule has 0 bridgehead atoms. The van der Waals surface area contributed by atoms with Crippen LogP contribution in [0.5, 0.6) is 5.75 Å². The van der Waals surface area contributed by atoms with E-state index >= 15 is 0 Å². The maximum Gasteiger partial charge on any atom is 0.233 e. The van der Waals surface area contributed by atoms with Gasteiger partial charge < -0.3 is 20.1 Å². The molecule has 0 heterocycles. The first-order chi connectivity index (χ1) is 10.1. The van der Waals surface area contributed by atoms with Crippen molar-refractivity contribution in [3.05, 3.63) is 28.2 Å². The van der Waals surface area contributed by atoms with Gasteiger partial charge in [-0.1, -0.05) is 23.2 Å². The Bertz CT molecular complexity index is 447. The second-order valence-electron chi connectivity index (χ2n) is 4.30. The first-order valence-electron chi connectivity index (χ1n) is 6.67. The van der Waals surface area contributed by atoms with Crippen molar-refractivity contribution < 1.29 is 14.3 Å². The third-order valence-electron chi connectivity index (χ3n) is 2.56. The van der Waals surface area contributed by atoms with E-state index in [9.17, 15) is 4.79 Å². The molecule has 1 aromatic carbocycles. The molecular weight excluding hydrogens is 351 g/mol. The zero-order valence-corrected chi connectivity index (χ0v) is 14.7. The van der Waals surface area contributed by atoms with Gasteiger partial charge in [-0.25, -0.2) is 0 Å². The van der Waals surface area contributed by atoms with Crippen molar-refractivity contribution in [2.75, 3.05) is 40.0 Å². The number of amides is 1. The van der Waals surface area contributed by atoms with Crippen molar-refractivity contribution in [1.82, 2.24) is 10.6 Å². The second kappa shape index (κ2) is 12.8. The molecule has 0 aromatic heterocycles. The average Bonchev–Trinajstić information content (AvgIpc) is 2.45. The molecule has 5 nitrogen and oxygen atoms in total. The molecule has 2 N–H and O–H groups in total. The molecule has 22 heavy (non-hydrogen) atoms. The topological polar surface area (TPSA) is 59.6 Å². The zero-order valence-electron chi connectivity index (χ0n) is 12.4. The first kappa shape index (κ1) is 21.3.